The van der Waals surface area contributed by atoms with Crippen LogP contribution in [-0.4, -0.2) is 24.5 Å². The maximum Gasteiger partial charge on any atom is 0.374 e. The third-order valence-corrected chi connectivity index (χ3v) is 3.89. The minimum atomic E-state index is -0.434. The van der Waals surface area contributed by atoms with Gasteiger partial charge in [0.15, 0.2) is 0 Å². The molecular weight excluding hydrogens is 268 g/mol. The van der Waals surface area contributed by atoms with E-state index in [0.29, 0.717) is 6.54 Å². The lowest BCUT2D eigenvalue weighted by molar-refractivity contribution is 0.0561. The second-order valence-electron chi connectivity index (χ2n) is 5.21. The molecule has 0 unspecified atom stereocenters. The van der Waals surface area contributed by atoms with E-state index in [-0.39, 0.29) is 5.76 Å². The molecule has 0 saturated heterocycles. The number of rotatable bonds is 3. The molecule has 1 aromatic heterocycles. The van der Waals surface area contributed by atoms with Gasteiger partial charge in [0.05, 0.1) is 13.4 Å². The highest BCUT2D eigenvalue weighted by atomic mass is 16.5. The van der Waals surface area contributed by atoms with Crippen molar-refractivity contribution < 1.29 is 13.9 Å². The van der Waals surface area contributed by atoms with Gasteiger partial charge in [0.2, 0.25) is 5.76 Å². The van der Waals surface area contributed by atoms with Crippen molar-refractivity contribution in [1.29, 1.82) is 0 Å². The number of hydrogen-bond acceptors (Lipinski definition) is 5. The first kappa shape index (κ1) is 13.7. The molecule has 5 heteroatoms. The minimum absolute atomic E-state index is 0.288. The summed E-state index contributed by atoms with van der Waals surface area (Å²) >= 11 is 0. The Morgan fingerprint density at radius 2 is 2.29 bits per heavy atom. The lowest BCUT2D eigenvalue weighted by Crippen LogP contribution is -2.30. The van der Waals surface area contributed by atoms with E-state index in [1.165, 1.54) is 24.5 Å². The van der Waals surface area contributed by atoms with Crippen LogP contribution < -0.4 is 5.73 Å². The molecule has 3 rings (SSSR count). The number of methoxy groups -OCH3 is 1. The Morgan fingerprint density at radius 3 is 3.10 bits per heavy atom. The van der Waals surface area contributed by atoms with Crippen molar-refractivity contribution in [2.24, 2.45) is 0 Å². The summed E-state index contributed by atoms with van der Waals surface area (Å²) in [7, 11) is 1.36. The number of benzene rings is 1. The highest BCUT2D eigenvalue weighted by Gasteiger charge is 2.22. The molecule has 0 saturated carbocycles. The van der Waals surface area contributed by atoms with Crippen molar-refractivity contribution in [2.75, 3.05) is 19.4 Å². The molecule has 2 aromatic rings. The van der Waals surface area contributed by atoms with Crippen LogP contribution in [0.25, 0.3) is 0 Å². The molecule has 1 aliphatic heterocycles. The van der Waals surface area contributed by atoms with Crippen molar-refractivity contribution in [2.45, 2.75) is 19.5 Å². The summed E-state index contributed by atoms with van der Waals surface area (Å²) < 4.78 is 9.95. The number of anilines is 1. The van der Waals surface area contributed by atoms with Gasteiger partial charge in [-0.2, -0.15) is 0 Å². The van der Waals surface area contributed by atoms with E-state index < -0.39 is 5.97 Å². The SMILES string of the molecule is COC(=O)c1occc1CN1CCc2c(N)cccc2C1. The van der Waals surface area contributed by atoms with Gasteiger partial charge in [0, 0.05) is 30.9 Å². The number of nitrogen functional groups attached to an aromatic ring is 1. The molecule has 0 radical (unpaired) electrons. The van der Waals surface area contributed by atoms with E-state index in [0.717, 1.165) is 30.8 Å². The fourth-order valence-corrected chi connectivity index (χ4v) is 2.81. The van der Waals surface area contributed by atoms with Gasteiger partial charge in [0.1, 0.15) is 0 Å². The van der Waals surface area contributed by atoms with Crippen LogP contribution in [0.5, 0.6) is 0 Å². The molecule has 1 aromatic carbocycles. The quantitative estimate of drug-likeness (QED) is 0.692. The number of nitrogens with zero attached hydrogens (tertiary/aromatic N) is 1. The smallest absolute Gasteiger partial charge is 0.374 e. The Labute approximate surface area is 123 Å². The van der Waals surface area contributed by atoms with Gasteiger partial charge in [-0.25, -0.2) is 4.79 Å². The summed E-state index contributed by atoms with van der Waals surface area (Å²) in [6.07, 6.45) is 2.45. The van der Waals surface area contributed by atoms with Crippen LogP contribution in [0.15, 0.2) is 34.9 Å². The van der Waals surface area contributed by atoms with Gasteiger partial charge in [-0.3, -0.25) is 4.90 Å². The van der Waals surface area contributed by atoms with E-state index >= 15 is 0 Å². The van der Waals surface area contributed by atoms with Crippen LogP contribution in [0.1, 0.15) is 27.2 Å². The van der Waals surface area contributed by atoms with Crippen molar-refractivity contribution in [3.8, 4) is 0 Å². The minimum Gasteiger partial charge on any atom is -0.463 e. The normalized spacial score (nSPS) is 14.7. The summed E-state index contributed by atoms with van der Waals surface area (Å²) in [6, 6.07) is 7.85. The Morgan fingerprint density at radius 1 is 1.43 bits per heavy atom. The van der Waals surface area contributed by atoms with Gasteiger partial charge in [-0.05, 0) is 29.7 Å². The topological polar surface area (TPSA) is 68.7 Å². The first-order valence-electron chi connectivity index (χ1n) is 6.92. The van der Waals surface area contributed by atoms with E-state index in [2.05, 4.69) is 11.0 Å². The predicted molar refractivity (Wildman–Crippen MR) is 78.7 cm³/mol. The van der Waals surface area contributed by atoms with Gasteiger partial charge >= 0.3 is 5.97 Å². The van der Waals surface area contributed by atoms with Crippen LogP contribution in [-0.2, 0) is 24.2 Å². The Bertz CT molecular complexity index is 663. The number of fused-ring (bicyclic) bond motifs is 1. The Kier molecular flexibility index (Phi) is 3.66. The third-order valence-electron chi connectivity index (χ3n) is 3.89. The molecule has 0 aliphatic carbocycles. The van der Waals surface area contributed by atoms with Gasteiger partial charge in [-0.15, -0.1) is 0 Å². The number of nitrogens with two attached hydrogens (primary N) is 1. The average Bonchev–Trinajstić information content (AvgIpc) is 2.95. The first-order valence-corrected chi connectivity index (χ1v) is 6.92. The van der Waals surface area contributed by atoms with E-state index in [1.807, 2.05) is 18.2 Å². The summed E-state index contributed by atoms with van der Waals surface area (Å²) in [4.78, 5) is 13.9. The second kappa shape index (κ2) is 5.61. The van der Waals surface area contributed by atoms with Gasteiger partial charge in [-0.1, -0.05) is 12.1 Å². The Balaban J connectivity index is 1.76. The molecule has 2 heterocycles. The standard InChI is InChI=1S/C16H18N2O3/c1-20-16(19)15-12(6-8-21-15)10-18-7-5-13-11(9-18)3-2-4-14(13)17/h2-4,6,8H,5,7,9-10,17H2,1H3. The maximum absolute atomic E-state index is 11.6. The maximum atomic E-state index is 11.6. The third kappa shape index (κ3) is 2.64. The van der Waals surface area contributed by atoms with Crippen molar-refractivity contribution in [1.82, 2.24) is 4.90 Å². The lowest BCUT2D eigenvalue weighted by atomic mass is 9.97. The zero-order valence-electron chi connectivity index (χ0n) is 12.0. The molecule has 0 spiro atoms. The molecule has 0 atom stereocenters. The molecular formula is C16H18N2O3. The predicted octanol–water partition coefficient (Wildman–Crippen LogP) is 2.21. The number of ether oxygens (including phenoxy) is 1. The number of furan rings is 1. The van der Waals surface area contributed by atoms with Crippen molar-refractivity contribution >= 4 is 11.7 Å². The molecule has 5 nitrogen and oxygen atoms in total. The van der Waals surface area contributed by atoms with E-state index in [9.17, 15) is 4.79 Å². The monoisotopic (exact) mass is 286 g/mol. The second-order valence-corrected chi connectivity index (χ2v) is 5.21. The zero-order chi connectivity index (χ0) is 14.8. The van der Waals surface area contributed by atoms with E-state index in [4.69, 9.17) is 14.9 Å². The van der Waals surface area contributed by atoms with Crippen LogP contribution >= 0.6 is 0 Å². The molecule has 1 aliphatic rings. The number of hydrogen-bond donors (Lipinski definition) is 1. The summed E-state index contributed by atoms with van der Waals surface area (Å²) in [6.45, 7) is 2.40. The summed E-state index contributed by atoms with van der Waals surface area (Å²) in [5.74, 6) is -0.146. The largest absolute Gasteiger partial charge is 0.463 e. The lowest BCUT2D eigenvalue weighted by Gasteiger charge is -2.29. The molecule has 21 heavy (non-hydrogen) atoms. The molecule has 0 fully saturated rings. The number of esters is 1. The fourth-order valence-electron chi connectivity index (χ4n) is 2.81. The first-order chi connectivity index (χ1) is 10.2. The molecule has 2 N–H and O–H groups in total. The van der Waals surface area contributed by atoms with Crippen LogP contribution in [0.3, 0.4) is 0 Å². The fraction of sp³-hybridized carbons (Fsp3) is 0.312. The van der Waals surface area contributed by atoms with Crippen LogP contribution in [0.2, 0.25) is 0 Å². The highest BCUT2D eigenvalue weighted by molar-refractivity contribution is 5.87. The average molecular weight is 286 g/mol. The van der Waals surface area contributed by atoms with Crippen molar-refractivity contribution in [3.63, 3.8) is 0 Å². The van der Waals surface area contributed by atoms with Crippen LogP contribution in [0, 0.1) is 0 Å². The highest BCUT2D eigenvalue weighted by Crippen LogP contribution is 2.25. The molecule has 0 bridgehead atoms. The summed E-state index contributed by atoms with van der Waals surface area (Å²) in [5.41, 5.74) is 10.2. The summed E-state index contributed by atoms with van der Waals surface area (Å²) in [5, 5.41) is 0. The Hall–Kier alpha value is -2.27. The number of carbonyl (C=O) groups is 1. The van der Waals surface area contributed by atoms with Crippen molar-refractivity contribution in [3.05, 3.63) is 53.0 Å². The molecule has 110 valence electrons. The van der Waals surface area contributed by atoms with Gasteiger partial charge in [0.25, 0.3) is 0 Å². The number of carbonyl (C=O) groups excluding carboxylic acids is 1. The van der Waals surface area contributed by atoms with Gasteiger partial charge < -0.3 is 14.9 Å². The molecule has 0 amide bonds. The van der Waals surface area contributed by atoms with E-state index in [1.54, 1.807) is 0 Å². The zero-order valence-corrected chi connectivity index (χ0v) is 12.0. The van der Waals surface area contributed by atoms with Crippen LogP contribution in [0.4, 0.5) is 5.69 Å².